The molecule has 4 nitrogen and oxygen atoms in total. The number of aromatic hydroxyl groups is 1. The van der Waals surface area contributed by atoms with Crippen LogP contribution in [0.15, 0.2) is 11.0 Å². The van der Waals surface area contributed by atoms with Crippen LogP contribution in [0.3, 0.4) is 0 Å². The lowest BCUT2D eigenvalue weighted by Crippen LogP contribution is -2.00. The third-order valence-corrected chi connectivity index (χ3v) is 3.48. The molecular weight excluding hydrogens is 274 g/mol. The average Bonchev–Trinajstić information content (AvgIpc) is 1.97. The van der Waals surface area contributed by atoms with Gasteiger partial charge in [0.2, 0.25) is 0 Å². The Balaban J connectivity index is 3.70. The fourth-order valence-electron chi connectivity index (χ4n) is 0.799. The van der Waals surface area contributed by atoms with Crippen LogP contribution in [0.25, 0.3) is 0 Å². The highest BCUT2D eigenvalue weighted by atomic mass is 35.5. The first-order valence-electron chi connectivity index (χ1n) is 3.09. The van der Waals surface area contributed by atoms with Crippen molar-refractivity contribution in [3.05, 3.63) is 21.1 Å². The van der Waals surface area contributed by atoms with Crippen LogP contribution in [0, 0.1) is 0 Å². The van der Waals surface area contributed by atoms with E-state index in [1.54, 1.807) is 0 Å². The SMILES string of the molecule is O=S(=O)(O)c1c(Cl)cc(Cl)c(O)c1Cl. The van der Waals surface area contributed by atoms with Crippen LogP contribution in [0.1, 0.15) is 0 Å². The Morgan fingerprint density at radius 3 is 2.07 bits per heavy atom. The van der Waals surface area contributed by atoms with E-state index in [0.29, 0.717) is 0 Å². The molecule has 0 aromatic heterocycles. The maximum absolute atomic E-state index is 10.8. The number of hydrogen-bond acceptors (Lipinski definition) is 3. The molecule has 78 valence electrons. The first kappa shape index (κ1) is 11.9. The zero-order valence-corrected chi connectivity index (χ0v) is 9.41. The molecule has 0 aliphatic carbocycles. The summed E-state index contributed by atoms with van der Waals surface area (Å²) in [6.45, 7) is 0. The standard InChI is InChI=1S/C6H3Cl3O4S/c7-2-1-3(8)6(14(11,12)13)4(9)5(2)10/h1,10H,(H,11,12,13). The van der Waals surface area contributed by atoms with Crippen molar-refractivity contribution in [1.29, 1.82) is 0 Å². The Morgan fingerprint density at radius 2 is 1.64 bits per heavy atom. The molecule has 0 aliphatic rings. The van der Waals surface area contributed by atoms with Crippen LogP contribution in [-0.4, -0.2) is 18.1 Å². The van der Waals surface area contributed by atoms with E-state index in [-0.39, 0.29) is 10.0 Å². The first-order chi connectivity index (χ1) is 6.25. The van der Waals surface area contributed by atoms with Crippen molar-refractivity contribution in [3.8, 4) is 5.75 Å². The van der Waals surface area contributed by atoms with Crippen molar-refractivity contribution in [3.63, 3.8) is 0 Å². The summed E-state index contributed by atoms with van der Waals surface area (Å²) in [5.74, 6) is -0.648. The number of hydrogen-bond donors (Lipinski definition) is 2. The lowest BCUT2D eigenvalue weighted by Gasteiger charge is -2.06. The van der Waals surface area contributed by atoms with Gasteiger partial charge in [-0.1, -0.05) is 34.8 Å². The fraction of sp³-hybridized carbons (Fsp3) is 0. The summed E-state index contributed by atoms with van der Waals surface area (Å²) in [5, 5.41) is 8.01. The number of phenols is 1. The molecule has 0 heterocycles. The summed E-state index contributed by atoms with van der Waals surface area (Å²) in [4.78, 5) is -0.761. The van der Waals surface area contributed by atoms with Crippen molar-refractivity contribution < 1.29 is 18.1 Å². The van der Waals surface area contributed by atoms with Gasteiger partial charge in [0.1, 0.15) is 9.92 Å². The Labute approximate surface area is 94.8 Å². The molecule has 1 aromatic carbocycles. The summed E-state index contributed by atoms with van der Waals surface area (Å²) in [6.07, 6.45) is 0. The smallest absolute Gasteiger partial charge is 0.297 e. The van der Waals surface area contributed by atoms with Crippen LogP contribution in [0.2, 0.25) is 15.1 Å². The van der Waals surface area contributed by atoms with Crippen molar-refractivity contribution in [2.24, 2.45) is 0 Å². The summed E-state index contributed by atoms with van der Waals surface area (Å²) in [7, 11) is -4.59. The highest BCUT2D eigenvalue weighted by Crippen LogP contribution is 2.40. The lowest BCUT2D eigenvalue weighted by molar-refractivity contribution is 0.467. The predicted octanol–water partition coefficient (Wildman–Crippen LogP) is 2.60. The molecule has 0 radical (unpaired) electrons. The van der Waals surface area contributed by atoms with Crippen LogP contribution in [0.5, 0.6) is 5.75 Å². The molecule has 0 unspecified atom stereocenters. The summed E-state index contributed by atoms with van der Waals surface area (Å²) >= 11 is 16.3. The minimum atomic E-state index is -4.59. The maximum atomic E-state index is 10.8. The van der Waals surface area contributed by atoms with Gasteiger partial charge in [-0.2, -0.15) is 8.42 Å². The molecule has 0 atom stereocenters. The van der Waals surface area contributed by atoms with E-state index < -0.39 is 25.8 Å². The third-order valence-electron chi connectivity index (χ3n) is 1.36. The van der Waals surface area contributed by atoms with E-state index in [1.165, 1.54) is 0 Å². The van der Waals surface area contributed by atoms with Crippen molar-refractivity contribution in [2.75, 3.05) is 0 Å². The molecule has 0 spiro atoms. The summed E-state index contributed by atoms with van der Waals surface area (Å²) in [6, 6.07) is 0.966. The quantitative estimate of drug-likeness (QED) is 0.774. The molecular formula is C6H3Cl3O4S. The maximum Gasteiger partial charge on any atom is 0.297 e. The minimum Gasteiger partial charge on any atom is -0.505 e. The Morgan fingerprint density at radius 1 is 1.14 bits per heavy atom. The number of phenolic OH excluding ortho intramolecular Hbond substituents is 1. The van der Waals surface area contributed by atoms with Gasteiger partial charge in [-0.25, -0.2) is 0 Å². The Bertz CT molecular complexity index is 482. The van der Waals surface area contributed by atoms with Gasteiger partial charge in [-0.3, -0.25) is 4.55 Å². The van der Waals surface area contributed by atoms with Crippen LogP contribution < -0.4 is 0 Å². The van der Waals surface area contributed by atoms with Gasteiger partial charge < -0.3 is 5.11 Å². The van der Waals surface area contributed by atoms with Gasteiger partial charge in [0.25, 0.3) is 10.1 Å². The molecule has 8 heteroatoms. The number of rotatable bonds is 1. The number of halogens is 3. The van der Waals surface area contributed by atoms with Crippen LogP contribution in [0.4, 0.5) is 0 Å². The highest BCUT2D eigenvalue weighted by Gasteiger charge is 2.23. The van der Waals surface area contributed by atoms with Crippen molar-refractivity contribution >= 4 is 44.9 Å². The van der Waals surface area contributed by atoms with Gasteiger partial charge in [0.15, 0.2) is 5.75 Å². The van der Waals surface area contributed by atoms with E-state index in [9.17, 15) is 13.5 Å². The molecule has 0 bridgehead atoms. The zero-order valence-electron chi connectivity index (χ0n) is 6.33. The third kappa shape index (κ3) is 2.07. The monoisotopic (exact) mass is 276 g/mol. The van der Waals surface area contributed by atoms with Crippen molar-refractivity contribution in [1.82, 2.24) is 0 Å². The Kier molecular flexibility index (Phi) is 3.18. The normalized spacial score (nSPS) is 11.7. The summed E-state index contributed by atoms with van der Waals surface area (Å²) in [5.41, 5.74) is 0. The first-order valence-corrected chi connectivity index (χ1v) is 5.66. The molecule has 0 fully saturated rings. The Hall–Kier alpha value is -0.200. The van der Waals surface area contributed by atoms with Gasteiger partial charge >= 0.3 is 0 Å². The van der Waals surface area contributed by atoms with E-state index in [2.05, 4.69) is 0 Å². The topological polar surface area (TPSA) is 74.6 Å². The molecule has 1 rings (SSSR count). The van der Waals surface area contributed by atoms with Crippen LogP contribution in [-0.2, 0) is 10.1 Å². The largest absolute Gasteiger partial charge is 0.505 e. The average molecular weight is 278 g/mol. The van der Waals surface area contributed by atoms with E-state index >= 15 is 0 Å². The van der Waals surface area contributed by atoms with E-state index in [4.69, 9.17) is 39.4 Å². The second kappa shape index (κ2) is 3.75. The predicted molar refractivity (Wildman–Crippen MR) is 53.0 cm³/mol. The second-order valence-corrected chi connectivity index (χ2v) is 4.86. The second-order valence-electron chi connectivity index (χ2n) is 2.31. The van der Waals surface area contributed by atoms with Gasteiger partial charge in [-0.15, -0.1) is 0 Å². The zero-order chi connectivity index (χ0) is 11.1. The van der Waals surface area contributed by atoms with Gasteiger partial charge in [0, 0.05) is 0 Å². The molecule has 0 saturated carbocycles. The minimum absolute atomic E-state index is 0.201. The summed E-state index contributed by atoms with van der Waals surface area (Å²) < 4.78 is 30.3. The molecule has 2 N–H and O–H groups in total. The molecule has 0 aliphatic heterocycles. The van der Waals surface area contributed by atoms with Crippen LogP contribution >= 0.6 is 34.8 Å². The van der Waals surface area contributed by atoms with Gasteiger partial charge in [0.05, 0.1) is 10.0 Å². The lowest BCUT2D eigenvalue weighted by atomic mass is 10.3. The molecule has 14 heavy (non-hydrogen) atoms. The van der Waals surface area contributed by atoms with Gasteiger partial charge in [-0.05, 0) is 6.07 Å². The molecule has 1 aromatic rings. The fourth-order valence-corrected chi connectivity index (χ4v) is 2.78. The number of benzene rings is 1. The molecule has 0 amide bonds. The van der Waals surface area contributed by atoms with E-state index in [0.717, 1.165) is 6.07 Å². The molecule has 0 saturated heterocycles. The highest BCUT2D eigenvalue weighted by molar-refractivity contribution is 7.86. The van der Waals surface area contributed by atoms with E-state index in [1.807, 2.05) is 0 Å². The van der Waals surface area contributed by atoms with Crippen molar-refractivity contribution in [2.45, 2.75) is 4.90 Å².